The van der Waals surface area contributed by atoms with Crippen LogP contribution in [0.3, 0.4) is 0 Å². The topological polar surface area (TPSA) is 35.5 Å². The lowest BCUT2D eigenvalue weighted by Gasteiger charge is -2.26. The minimum absolute atomic E-state index is 0.0516. The van der Waals surface area contributed by atoms with Crippen molar-refractivity contribution in [1.82, 2.24) is 0 Å². The molecule has 1 unspecified atom stereocenters. The van der Waals surface area contributed by atoms with Gasteiger partial charge in [0.1, 0.15) is 17.6 Å². The predicted octanol–water partition coefficient (Wildman–Crippen LogP) is 4.82. The van der Waals surface area contributed by atoms with Gasteiger partial charge in [0.2, 0.25) is 0 Å². The number of ketones is 1. The van der Waals surface area contributed by atoms with Crippen molar-refractivity contribution < 1.29 is 14.3 Å². The second-order valence-electron chi connectivity index (χ2n) is 4.76. The molecule has 1 heterocycles. The minimum atomic E-state index is -0.356. The van der Waals surface area contributed by atoms with Crippen molar-refractivity contribution in [1.29, 1.82) is 0 Å². The second-order valence-corrected chi connectivity index (χ2v) is 6.05. The van der Waals surface area contributed by atoms with Gasteiger partial charge in [0.15, 0.2) is 5.78 Å². The van der Waals surface area contributed by atoms with Crippen LogP contribution in [0.25, 0.3) is 0 Å². The highest BCUT2D eigenvalue weighted by Gasteiger charge is 2.29. The van der Waals surface area contributed by atoms with Crippen LogP contribution in [0.4, 0.5) is 0 Å². The zero-order valence-electron chi connectivity index (χ0n) is 11.2. The molecule has 1 atom stereocenters. The van der Waals surface area contributed by atoms with Crippen LogP contribution in [0, 0.1) is 0 Å². The molecular formula is C16H12BrClO3. The third-order valence-corrected chi connectivity index (χ3v) is 4.39. The van der Waals surface area contributed by atoms with E-state index in [1.54, 1.807) is 31.4 Å². The molecule has 21 heavy (non-hydrogen) atoms. The van der Waals surface area contributed by atoms with Gasteiger partial charge < -0.3 is 9.47 Å². The lowest BCUT2D eigenvalue weighted by Crippen LogP contribution is -2.20. The van der Waals surface area contributed by atoms with Crippen LogP contribution < -0.4 is 9.47 Å². The van der Waals surface area contributed by atoms with Gasteiger partial charge in [-0.2, -0.15) is 0 Å². The number of fused-ring (bicyclic) bond motifs is 1. The summed E-state index contributed by atoms with van der Waals surface area (Å²) in [5.41, 5.74) is 1.45. The molecule has 2 aromatic rings. The molecule has 0 fully saturated rings. The van der Waals surface area contributed by atoms with E-state index in [9.17, 15) is 4.79 Å². The van der Waals surface area contributed by atoms with Gasteiger partial charge in [0.05, 0.1) is 19.1 Å². The Morgan fingerprint density at radius 2 is 2.10 bits per heavy atom. The normalized spacial score (nSPS) is 17.1. The van der Waals surface area contributed by atoms with Crippen LogP contribution in [0.5, 0.6) is 11.5 Å². The summed E-state index contributed by atoms with van der Waals surface area (Å²) in [5.74, 6) is 1.26. The van der Waals surface area contributed by atoms with E-state index in [0.717, 1.165) is 10.0 Å². The lowest BCUT2D eigenvalue weighted by atomic mass is 9.96. The van der Waals surface area contributed by atoms with Crippen LogP contribution in [0.2, 0.25) is 5.02 Å². The minimum Gasteiger partial charge on any atom is -0.497 e. The Kier molecular flexibility index (Phi) is 3.91. The molecule has 3 nitrogen and oxygen atoms in total. The fraction of sp³-hybridized carbons (Fsp3) is 0.188. The molecule has 0 bridgehead atoms. The number of benzene rings is 2. The quantitative estimate of drug-likeness (QED) is 0.763. The van der Waals surface area contributed by atoms with Crippen LogP contribution in [-0.2, 0) is 0 Å². The van der Waals surface area contributed by atoms with Crippen molar-refractivity contribution >= 4 is 33.3 Å². The molecule has 0 amide bonds. The molecule has 2 aromatic carbocycles. The molecule has 0 radical (unpaired) electrons. The maximum absolute atomic E-state index is 12.3. The van der Waals surface area contributed by atoms with Crippen molar-refractivity contribution in [3.63, 3.8) is 0 Å². The molecule has 1 aliphatic rings. The summed E-state index contributed by atoms with van der Waals surface area (Å²) >= 11 is 9.52. The largest absolute Gasteiger partial charge is 0.497 e. The standard InChI is InChI=1S/C16H12BrClO3/c1-20-10-3-4-11-14(19)8-16(21-15(11)7-10)12-6-9(18)2-5-13(12)17/h2-7,16H,8H2,1H3. The van der Waals surface area contributed by atoms with Crippen LogP contribution >= 0.6 is 27.5 Å². The molecular weight excluding hydrogens is 356 g/mol. The van der Waals surface area contributed by atoms with Gasteiger partial charge >= 0.3 is 0 Å². The Balaban J connectivity index is 2.01. The third-order valence-electron chi connectivity index (χ3n) is 3.43. The van der Waals surface area contributed by atoms with Gasteiger partial charge in [-0.3, -0.25) is 4.79 Å². The first-order valence-electron chi connectivity index (χ1n) is 6.41. The van der Waals surface area contributed by atoms with E-state index in [1.165, 1.54) is 0 Å². The number of ether oxygens (including phenoxy) is 2. The monoisotopic (exact) mass is 366 g/mol. The molecule has 0 aliphatic carbocycles. The molecule has 0 N–H and O–H groups in total. The second kappa shape index (κ2) is 5.70. The average molecular weight is 368 g/mol. The Morgan fingerprint density at radius 3 is 2.86 bits per heavy atom. The van der Waals surface area contributed by atoms with Gasteiger partial charge in [0, 0.05) is 21.1 Å². The maximum Gasteiger partial charge on any atom is 0.170 e. The first-order chi connectivity index (χ1) is 10.1. The number of Topliss-reactive ketones (excluding diaryl/α,β-unsaturated/α-hetero) is 1. The van der Waals surface area contributed by atoms with Crippen LogP contribution in [0.15, 0.2) is 40.9 Å². The Bertz CT molecular complexity index is 715. The first kappa shape index (κ1) is 14.4. The molecule has 108 valence electrons. The Hall–Kier alpha value is -1.52. The summed E-state index contributed by atoms with van der Waals surface area (Å²) in [5, 5.41) is 0.612. The molecule has 5 heteroatoms. The van der Waals surface area contributed by atoms with Gasteiger partial charge in [-0.1, -0.05) is 27.5 Å². The van der Waals surface area contributed by atoms with E-state index in [0.29, 0.717) is 22.1 Å². The number of hydrogen-bond donors (Lipinski definition) is 0. The summed E-state index contributed by atoms with van der Waals surface area (Å²) in [6.07, 6.45) is -0.0664. The Labute approximate surface area is 136 Å². The van der Waals surface area contributed by atoms with Crippen LogP contribution in [0.1, 0.15) is 28.4 Å². The number of carbonyl (C=O) groups excluding carboxylic acids is 1. The van der Waals surface area contributed by atoms with Gasteiger partial charge in [-0.15, -0.1) is 0 Å². The summed E-state index contributed by atoms with van der Waals surface area (Å²) in [6.45, 7) is 0. The van der Waals surface area contributed by atoms with Crippen molar-refractivity contribution in [2.24, 2.45) is 0 Å². The van der Waals surface area contributed by atoms with Gasteiger partial charge in [-0.25, -0.2) is 0 Å². The van der Waals surface area contributed by atoms with Crippen molar-refractivity contribution in [2.75, 3.05) is 7.11 Å². The molecule has 0 aromatic heterocycles. The molecule has 0 spiro atoms. The zero-order valence-corrected chi connectivity index (χ0v) is 13.6. The van der Waals surface area contributed by atoms with E-state index >= 15 is 0 Å². The van der Waals surface area contributed by atoms with Crippen molar-refractivity contribution in [3.05, 3.63) is 57.0 Å². The highest BCUT2D eigenvalue weighted by molar-refractivity contribution is 9.10. The molecule has 3 rings (SSSR count). The predicted molar refractivity (Wildman–Crippen MR) is 84.5 cm³/mol. The Morgan fingerprint density at radius 1 is 1.29 bits per heavy atom. The number of halogens is 2. The summed E-state index contributed by atoms with van der Waals surface area (Å²) in [4.78, 5) is 12.3. The fourth-order valence-corrected chi connectivity index (χ4v) is 3.05. The smallest absolute Gasteiger partial charge is 0.170 e. The van der Waals surface area contributed by atoms with Crippen LogP contribution in [-0.4, -0.2) is 12.9 Å². The molecule has 0 saturated carbocycles. The molecule has 0 saturated heterocycles. The van der Waals surface area contributed by atoms with Gasteiger partial charge in [-0.05, 0) is 30.3 Å². The lowest BCUT2D eigenvalue weighted by molar-refractivity contribution is 0.0848. The zero-order chi connectivity index (χ0) is 15.0. The number of methoxy groups -OCH3 is 1. The number of rotatable bonds is 2. The van der Waals surface area contributed by atoms with E-state index in [1.807, 2.05) is 12.1 Å². The third kappa shape index (κ3) is 2.78. The average Bonchev–Trinajstić information content (AvgIpc) is 2.49. The number of hydrogen-bond acceptors (Lipinski definition) is 3. The SMILES string of the molecule is COc1ccc2c(c1)OC(c1cc(Cl)ccc1Br)CC2=O. The first-order valence-corrected chi connectivity index (χ1v) is 7.58. The van der Waals surface area contributed by atoms with E-state index in [-0.39, 0.29) is 18.3 Å². The van der Waals surface area contributed by atoms with E-state index in [2.05, 4.69) is 15.9 Å². The van der Waals surface area contributed by atoms with Crippen molar-refractivity contribution in [3.8, 4) is 11.5 Å². The summed E-state index contributed by atoms with van der Waals surface area (Å²) in [6, 6.07) is 10.7. The highest BCUT2D eigenvalue weighted by Crippen LogP contribution is 2.39. The van der Waals surface area contributed by atoms with Gasteiger partial charge in [0.25, 0.3) is 0 Å². The fourth-order valence-electron chi connectivity index (χ4n) is 2.37. The van der Waals surface area contributed by atoms with E-state index < -0.39 is 0 Å². The molecule has 1 aliphatic heterocycles. The maximum atomic E-state index is 12.3. The summed E-state index contributed by atoms with van der Waals surface area (Å²) < 4.78 is 12.0. The summed E-state index contributed by atoms with van der Waals surface area (Å²) in [7, 11) is 1.58. The van der Waals surface area contributed by atoms with E-state index in [4.69, 9.17) is 21.1 Å². The van der Waals surface area contributed by atoms with Crippen molar-refractivity contribution in [2.45, 2.75) is 12.5 Å². The highest BCUT2D eigenvalue weighted by atomic mass is 79.9. The number of carbonyl (C=O) groups is 1.